The molecule has 0 aliphatic heterocycles. The molecule has 0 N–H and O–H groups in total. The van der Waals surface area contributed by atoms with Crippen LogP contribution in [0.5, 0.6) is 5.88 Å². The number of nitrogens with zero attached hydrogens (tertiary/aromatic N) is 2. The topological polar surface area (TPSA) is 35.0 Å². The molecule has 0 saturated carbocycles. The van der Waals surface area contributed by atoms with Crippen LogP contribution in [0.25, 0.3) is 0 Å². The molecule has 16 heavy (non-hydrogen) atoms. The number of ether oxygens (including phenoxy) is 1. The molecule has 0 radical (unpaired) electrons. The highest BCUT2D eigenvalue weighted by Crippen LogP contribution is 2.27. The Kier molecular flexibility index (Phi) is 4.71. The minimum Gasteiger partial charge on any atom is -0.480 e. The third-order valence-electron chi connectivity index (χ3n) is 3.18. The molecule has 0 bridgehead atoms. The first-order valence-electron chi connectivity index (χ1n) is 6.04. The summed E-state index contributed by atoms with van der Waals surface area (Å²) >= 11 is 0. The van der Waals surface area contributed by atoms with E-state index >= 15 is 0 Å². The lowest BCUT2D eigenvalue weighted by molar-refractivity contribution is 0.381. The molecule has 0 aromatic carbocycles. The third kappa shape index (κ3) is 2.71. The quantitative estimate of drug-likeness (QED) is 0.764. The maximum absolute atomic E-state index is 5.33. The minimum absolute atomic E-state index is 0.397. The average molecular weight is 222 g/mol. The maximum Gasteiger partial charge on any atom is 0.235 e. The lowest BCUT2D eigenvalue weighted by Gasteiger charge is -2.14. The Bertz CT molecular complexity index is 339. The Labute approximate surface area is 98.3 Å². The smallest absolute Gasteiger partial charge is 0.235 e. The molecule has 0 aliphatic carbocycles. The summed E-state index contributed by atoms with van der Waals surface area (Å²) in [5.74, 6) is 1.52. The van der Waals surface area contributed by atoms with Crippen molar-refractivity contribution in [3.8, 4) is 5.88 Å². The molecule has 0 aliphatic rings. The van der Waals surface area contributed by atoms with Crippen molar-refractivity contribution in [2.45, 2.75) is 52.4 Å². The number of hydrogen-bond donors (Lipinski definition) is 0. The molecule has 3 heteroatoms. The molecule has 1 aromatic heterocycles. The summed E-state index contributed by atoms with van der Waals surface area (Å²) in [6.07, 6.45) is 4.01. The molecule has 1 heterocycles. The Morgan fingerprint density at radius 3 is 2.31 bits per heavy atom. The Hall–Kier alpha value is -1.12. The van der Waals surface area contributed by atoms with Crippen LogP contribution in [0, 0.1) is 0 Å². The summed E-state index contributed by atoms with van der Waals surface area (Å²) < 4.78 is 5.33. The summed E-state index contributed by atoms with van der Waals surface area (Å²) in [4.78, 5) is 9.05. The van der Waals surface area contributed by atoms with Crippen molar-refractivity contribution in [2.75, 3.05) is 7.11 Å². The molecule has 0 spiro atoms. The van der Waals surface area contributed by atoms with Crippen molar-refractivity contribution in [3.05, 3.63) is 17.6 Å². The van der Waals surface area contributed by atoms with Crippen LogP contribution in [-0.2, 0) is 0 Å². The highest BCUT2D eigenvalue weighted by molar-refractivity contribution is 5.24. The molecule has 0 amide bonds. The molecule has 1 rings (SSSR count). The number of aromatic nitrogens is 2. The van der Waals surface area contributed by atoms with Gasteiger partial charge < -0.3 is 4.74 Å². The van der Waals surface area contributed by atoms with Crippen LogP contribution < -0.4 is 4.74 Å². The normalized spacial score (nSPS) is 14.6. The second-order valence-electron chi connectivity index (χ2n) is 4.31. The van der Waals surface area contributed by atoms with Gasteiger partial charge in [0.2, 0.25) is 5.88 Å². The van der Waals surface area contributed by atoms with Gasteiger partial charge in [0, 0.05) is 12.1 Å². The van der Waals surface area contributed by atoms with Gasteiger partial charge in [0.05, 0.1) is 12.8 Å². The molecule has 0 saturated heterocycles. The van der Waals surface area contributed by atoms with Gasteiger partial charge in [-0.25, -0.2) is 4.98 Å². The fraction of sp³-hybridized carbons (Fsp3) is 0.692. The Morgan fingerprint density at radius 2 is 1.81 bits per heavy atom. The second kappa shape index (κ2) is 5.83. The van der Waals surface area contributed by atoms with Crippen LogP contribution in [0.1, 0.15) is 63.8 Å². The lowest BCUT2D eigenvalue weighted by atomic mass is 10.0. The van der Waals surface area contributed by atoms with E-state index in [0.717, 1.165) is 24.2 Å². The van der Waals surface area contributed by atoms with E-state index in [4.69, 9.17) is 4.74 Å². The summed E-state index contributed by atoms with van der Waals surface area (Å²) in [7, 11) is 1.66. The largest absolute Gasteiger partial charge is 0.480 e. The van der Waals surface area contributed by atoms with Gasteiger partial charge in [0.15, 0.2) is 0 Å². The maximum atomic E-state index is 5.33. The fourth-order valence-corrected chi connectivity index (χ4v) is 1.52. The highest BCUT2D eigenvalue weighted by atomic mass is 16.5. The molecule has 0 fully saturated rings. The van der Waals surface area contributed by atoms with Gasteiger partial charge in [-0.15, -0.1) is 0 Å². The zero-order valence-electron chi connectivity index (χ0n) is 10.9. The fourth-order valence-electron chi connectivity index (χ4n) is 1.52. The van der Waals surface area contributed by atoms with E-state index in [-0.39, 0.29) is 0 Å². The number of rotatable bonds is 5. The first kappa shape index (κ1) is 12.9. The van der Waals surface area contributed by atoms with Crippen molar-refractivity contribution >= 4 is 0 Å². The molecule has 2 atom stereocenters. The number of hydrogen-bond acceptors (Lipinski definition) is 3. The lowest BCUT2D eigenvalue weighted by Crippen LogP contribution is -2.06. The van der Waals surface area contributed by atoms with E-state index in [2.05, 4.69) is 37.7 Å². The van der Waals surface area contributed by atoms with E-state index in [1.807, 2.05) is 6.20 Å². The zero-order valence-corrected chi connectivity index (χ0v) is 10.9. The van der Waals surface area contributed by atoms with Crippen LogP contribution in [0.2, 0.25) is 0 Å². The van der Waals surface area contributed by atoms with E-state index in [1.165, 1.54) is 0 Å². The molecular formula is C13H22N2O. The van der Waals surface area contributed by atoms with Gasteiger partial charge in [-0.1, -0.05) is 27.7 Å². The van der Waals surface area contributed by atoms with Gasteiger partial charge in [0.25, 0.3) is 0 Å². The van der Waals surface area contributed by atoms with Gasteiger partial charge in [0.1, 0.15) is 5.69 Å². The highest BCUT2D eigenvalue weighted by Gasteiger charge is 2.15. The minimum atomic E-state index is 0.397. The van der Waals surface area contributed by atoms with Crippen molar-refractivity contribution in [1.82, 2.24) is 9.97 Å². The van der Waals surface area contributed by atoms with Crippen LogP contribution in [0.15, 0.2) is 6.20 Å². The Balaban J connectivity index is 3.06. The summed E-state index contributed by atoms with van der Waals surface area (Å²) in [6.45, 7) is 8.61. The summed E-state index contributed by atoms with van der Waals surface area (Å²) in [5, 5.41) is 0. The molecule has 90 valence electrons. The van der Waals surface area contributed by atoms with Crippen LogP contribution >= 0.6 is 0 Å². The average Bonchev–Trinajstić information content (AvgIpc) is 2.35. The predicted molar refractivity (Wildman–Crippen MR) is 66.0 cm³/mol. The molecule has 2 unspecified atom stereocenters. The van der Waals surface area contributed by atoms with Crippen LogP contribution in [0.3, 0.4) is 0 Å². The summed E-state index contributed by atoms with van der Waals surface area (Å²) in [6, 6.07) is 0. The molecular weight excluding hydrogens is 200 g/mol. The van der Waals surface area contributed by atoms with Crippen molar-refractivity contribution in [1.29, 1.82) is 0 Å². The van der Waals surface area contributed by atoms with Crippen LogP contribution in [-0.4, -0.2) is 17.1 Å². The van der Waals surface area contributed by atoms with E-state index in [1.54, 1.807) is 7.11 Å². The van der Waals surface area contributed by atoms with Crippen LogP contribution in [0.4, 0.5) is 0 Å². The van der Waals surface area contributed by atoms with E-state index < -0.39 is 0 Å². The SMILES string of the molecule is CCC(C)c1cnc(C(C)CC)c(OC)n1. The predicted octanol–water partition coefficient (Wildman–Crippen LogP) is 3.51. The first-order chi connectivity index (χ1) is 7.63. The number of methoxy groups -OCH3 is 1. The second-order valence-corrected chi connectivity index (χ2v) is 4.31. The van der Waals surface area contributed by atoms with E-state index in [9.17, 15) is 0 Å². The van der Waals surface area contributed by atoms with Crippen molar-refractivity contribution < 1.29 is 4.74 Å². The molecule has 1 aromatic rings. The van der Waals surface area contributed by atoms with Gasteiger partial charge in [-0.05, 0) is 18.8 Å². The Morgan fingerprint density at radius 1 is 1.19 bits per heavy atom. The van der Waals surface area contributed by atoms with Gasteiger partial charge >= 0.3 is 0 Å². The standard InChI is InChI=1S/C13H22N2O/c1-6-9(3)11-8-14-12(10(4)7-2)13(15-11)16-5/h8-10H,6-7H2,1-5H3. The molecule has 3 nitrogen and oxygen atoms in total. The summed E-state index contributed by atoms with van der Waals surface area (Å²) in [5.41, 5.74) is 1.99. The van der Waals surface area contributed by atoms with Crippen molar-refractivity contribution in [2.24, 2.45) is 0 Å². The van der Waals surface area contributed by atoms with Gasteiger partial charge in [-0.2, -0.15) is 0 Å². The van der Waals surface area contributed by atoms with E-state index in [0.29, 0.717) is 17.7 Å². The van der Waals surface area contributed by atoms with Crippen molar-refractivity contribution in [3.63, 3.8) is 0 Å². The first-order valence-corrected chi connectivity index (χ1v) is 6.04. The third-order valence-corrected chi connectivity index (χ3v) is 3.18. The zero-order chi connectivity index (χ0) is 12.1. The monoisotopic (exact) mass is 222 g/mol. The van der Waals surface area contributed by atoms with Gasteiger partial charge in [-0.3, -0.25) is 4.98 Å².